The van der Waals surface area contributed by atoms with Crippen molar-refractivity contribution in [2.45, 2.75) is 24.6 Å². The highest BCUT2D eigenvalue weighted by Gasteiger charge is 2.47. The van der Waals surface area contributed by atoms with E-state index < -0.39 is 0 Å². The number of benzene rings is 2. The summed E-state index contributed by atoms with van der Waals surface area (Å²) in [5.74, 6) is 1.14. The minimum Gasteiger partial charge on any atom is -0.338 e. The van der Waals surface area contributed by atoms with E-state index in [4.69, 9.17) is 0 Å². The van der Waals surface area contributed by atoms with Crippen LogP contribution in [0.4, 0.5) is 0 Å². The first-order valence-electron chi connectivity index (χ1n) is 9.57. The Morgan fingerprint density at radius 1 is 1.00 bits per heavy atom. The Bertz CT molecular complexity index is 909. The van der Waals surface area contributed by atoms with Gasteiger partial charge in [0.05, 0.1) is 4.87 Å². The molecule has 2 aliphatic rings. The van der Waals surface area contributed by atoms with Gasteiger partial charge in [-0.15, -0.1) is 11.8 Å². The largest absolute Gasteiger partial charge is 0.338 e. The minimum atomic E-state index is -0.187. The number of likely N-dealkylation sites (tertiary alicyclic amines) is 1. The Morgan fingerprint density at radius 3 is 2.46 bits per heavy atom. The van der Waals surface area contributed by atoms with Gasteiger partial charge in [-0.3, -0.25) is 9.59 Å². The lowest BCUT2D eigenvalue weighted by Crippen LogP contribution is -2.53. The van der Waals surface area contributed by atoms with E-state index in [1.54, 1.807) is 0 Å². The molecule has 2 amide bonds. The van der Waals surface area contributed by atoms with E-state index in [0.29, 0.717) is 18.7 Å². The second kappa shape index (κ2) is 7.91. The lowest BCUT2D eigenvalue weighted by molar-refractivity contribution is 0.0497. The van der Waals surface area contributed by atoms with Gasteiger partial charge in [-0.2, -0.15) is 0 Å². The molecule has 1 spiro atoms. The van der Waals surface area contributed by atoms with Gasteiger partial charge in [0.1, 0.15) is 0 Å². The van der Waals surface area contributed by atoms with Gasteiger partial charge < -0.3 is 9.80 Å². The summed E-state index contributed by atoms with van der Waals surface area (Å²) >= 11 is 5.31. The second-order valence-corrected chi connectivity index (χ2v) is 9.74. The van der Waals surface area contributed by atoms with Gasteiger partial charge in [0.2, 0.25) is 0 Å². The fourth-order valence-corrected chi connectivity index (χ4v) is 5.99. The van der Waals surface area contributed by atoms with Gasteiger partial charge in [0, 0.05) is 41.0 Å². The van der Waals surface area contributed by atoms with Gasteiger partial charge in [-0.1, -0.05) is 40.2 Å². The third kappa shape index (κ3) is 3.60. The number of carbonyl (C=O) groups excluding carboxylic acids is 2. The Hall–Kier alpha value is -1.79. The summed E-state index contributed by atoms with van der Waals surface area (Å²) in [7, 11) is 0. The minimum absolute atomic E-state index is 0.0657. The molecule has 2 aromatic carbocycles. The molecular weight excluding hydrogens is 436 g/mol. The third-order valence-corrected chi connectivity index (χ3v) is 7.75. The standard InChI is InChI=1S/C22H23BrN2O2S/c1-16-5-2-3-8-19(16)21(27)25-13-14-28-22(25)9-11-24(12-10-22)20(26)17-6-4-7-18(23)15-17/h2-8,15H,9-14H2,1H3. The van der Waals surface area contributed by atoms with E-state index in [1.165, 1.54) is 0 Å². The van der Waals surface area contributed by atoms with Crippen LogP contribution in [0.5, 0.6) is 0 Å². The average Bonchev–Trinajstić information content (AvgIpc) is 3.11. The molecule has 146 valence electrons. The quantitative estimate of drug-likeness (QED) is 0.660. The molecular formula is C22H23BrN2O2S. The predicted octanol–water partition coefficient (Wildman–Crippen LogP) is 4.58. The van der Waals surface area contributed by atoms with E-state index in [0.717, 1.165) is 40.7 Å². The highest BCUT2D eigenvalue weighted by atomic mass is 79.9. The second-order valence-electron chi connectivity index (χ2n) is 7.37. The number of aryl methyl sites for hydroxylation is 1. The van der Waals surface area contributed by atoms with Crippen LogP contribution in [-0.4, -0.2) is 51.9 Å². The van der Waals surface area contributed by atoms with Gasteiger partial charge in [0.25, 0.3) is 11.8 Å². The molecule has 0 saturated carbocycles. The summed E-state index contributed by atoms with van der Waals surface area (Å²) in [6.45, 7) is 4.12. The Kier molecular flexibility index (Phi) is 5.52. The number of nitrogens with zero attached hydrogens (tertiary/aromatic N) is 2. The molecule has 2 aromatic rings. The molecule has 0 N–H and O–H groups in total. The van der Waals surface area contributed by atoms with Crippen molar-refractivity contribution in [2.24, 2.45) is 0 Å². The van der Waals surface area contributed by atoms with E-state index in [9.17, 15) is 9.59 Å². The first kappa shape index (κ1) is 19.5. The highest BCUT2D eigenvalue weighted by Crippen LogP contribution is 2.44. The summed E-state index contributed by atoms with van der Waals surface area (Å²) in [5.41, 5.74) is 2.51. The van der Waals surface area contributed by atoms with Gasteiger partial charge in [0.15, 0.2) is 0 Å². The van der Waals surface area contributed by atoms with Gasteiger partial charge in [-0.05, 0) is 49.6 Å². The number of halogens is 1. The first-order valence-corrected chi connectivity index (χ1v) is 11.3. The molecule has 2 heterocycles. The molecule has 0 aromatic heterocycles. The fraction of sp³-hybridized carbons (Fsp3) is 0.364. The summed E-state index contributed by atoms with van der Waals surface area (Å²) in [6.07, 6.45) is 1.63. The first-order chi connectivity index (χ1) is 13.5. The topological polar surface area (TPSA) is 40.6 Å². The average molecular weight is 459 g/mol. The molecule has 2 fully saturated rings. The van der Waals surface area contributed by atoms with Crippen molar-refractivity contribution >= 4 is 39.5 Å². The molecule has 0 atom stereocenters. The van der Waals surface area contributed by atoms with Gasteiger partial charge >= 0.3 is 0 Å². The lowest BCUT2D eigenvalue weighted by Gasteiger charge is -2.44. The Labute approximate surface area is 178 Å². The van der Waals surface area contributed by atoms with Crippen LogP contribution in [0, 0.1) is 6.92 Å². The van der Waals surface area contributed by atoms with Crippen molar-refractivity contribution < 1.29 is 9.59 Å². The number of rotatable bonds is 2. The van der Waals surface area contributed by atoms with Crippen LogP contribution in [0.2, 0.25) is 0 Å². The number of piperidine rings is 1. The van der Waals surface area contributed by atoms with E-state index in [-0.39, 0.29) is 16.7 Å². The molecule has 6 heteroatoms. The summed E-state index contributed by atoms with van der Waals surface area (Å²) in [4.78, 5) is 29.9. The van der Waals surface area contributed by atoms with E-state index >= 15 is 0 Å². The van der Waals surface area contributed by atoms with Crippen molar-refractivity contribution in [3.05, 3.63) is 69.7 Å². The zero-order chi connectivity index (χ0) is 19.7. The van der Waals surface area contributed by atoms with Gasteiger partial charge in [-0.25, -0.2) is 0 Å². The van der Waals surface area contributed by atoms with E-state index in [2.05, 4.69) is 20.8 Å². The van der Waals surface area contributed by atoms with Crippen molar-refractivity contribution in [2.75, 3.05) is 25.4 Å². The third-order valence-electron chi connectivity index (χ3n) is 5.70. The van der Waals surface area contributed by atoms with Crippen molar-refractivity contribution in [1.82, 2.24) is 9.80 Å². The lowest BCUT2D eigenvalue weighted by atomic mass is 9.99. The number of hydrogen-bond acceptors (Lipinski definition) is 3. The molecule has 0 radical (unpaired) electrons. The SMILES string of the molecule is Cc1ccccc1C(=O)N1CCSC12CCN(C(=O)c1cccc(Br)c1)CC2. The Balaban J connectivity index is 1.49. The van der Waals surface area contributed by atoms with Crippen LogP contribution >= 0.6 is 27.7 Å². The number of thioether (sulfide) groups is 1. The van der Waals surface area contributed by atoms with E-state index in [1.807, 2.05) is 72.1 Å². The van der Waals surface area contributed by atoms with Crippen LogP contribution in [-0.2, 0) is 0 Å². The number of carbonyl (C=O) groups is 2. The molecule has 0 unspecified atom stereocenters. The molecule has 4 rings (SSSR count). The van der Waals surface area contributed by atoms with Crippen LogP contribution in [0.3, 0.4) is 0 Å². The number of hydrogen-bond donors (Lipinski definition) is 0. The van der Waals surface area contributed by atoms with Crippen molar-refractivity contribution in [3.8, 4) is 0 Å². The molecule has 2 aliphatic heterocycles. The molecule has 0 bridgehead atoms. The maximum absolute atomic E-state index is 13.2. The van der Waals surface area contributed by atoms with Crippen LogP contribution in [0.25, 0.3) is 0 Å². The molecule has 28 heavy (non-hydrogen) atoms. The summed E-state index contributed by atoms with van der Waals surface area (Å²) in [5, 5.41) is 0. The van der Waals surface area contributed by atoms with Crippen LogP contribution in [0.15, 0.2) is 53.0 Å². The highest BCUT2D eigenvalue weighted by molar-refractivity contribution is 9.10. The molecule has 4 nitrogen and oxygen atoms in total. The maximum Gasteiger partial charge on any atom is 0.255 e. The number of amides is 2. The van der Waals surface area contributed by atoms with Crippen LogP contribution < -0.4 is 0 Å². The molecule has 2 saturated heterocycles. The normalized spacial score (nSPS) is 18.5. The van der Waals surface area contributed by atoms with Crippen LogP contribution in [0.1, 0.15) is 39.1 Å². The maximum atomic E-state index is 13.2. The summed E-state index contributed by atoms with van der Waals surface area (Å²) < 4.78 is 0.910. The zero-order valence-corrected chi connectivity index (χ0v) is 18.3. The smallest absolute Gasteiger partial charge is 0.255 e. The fourth-order valence-electron chi connectivity index (χ4n) is 4.13. The van der Waals surface area contributed by atoms with Crippen molar-refractivity contribution in [1.29, 1.82) is 0 Å². The Morgan fingerprint density at radius 2 is 1.75 bits per heavy atom. The zero-order valence-electron chi connectivity index (χ0n) is 15.9. The summed E-state index contributed by atoms with van der Waals surface area (Å²) in [6, 6.07) is 15.3. The molecule has 0 aliphatic carbocycles. The monoisotopic (exact) mass is 458 g/mol. The van der Waals surface area contributed by atoms with Crippen molar-refractivity contribution in [3.63, 3.8) is 0 Å². The predicted molar refractivity (Wildman–Crippen MR) is 117 cm³/mol.